The third-order valence-electron chi connectivity index (χ3n) is 4.57. The molecule has 0 fully saturated rings. The second kappa shape index (κ2) is 5.99. The first kappa shape index (κ1) is 15.5. The molecule has 0 amide bonds. The van der Waals surface area contributed by atoms with Gasteiger partial charge in [0, 0.05) is 18.2 Å². The number of ketones is 1. The second-order valence-electron chi connectivity index (χ2n) is 6.42. The Balaban J connectivity index is 2.34. The van der Waals surface area contributed by atoms with E-state index < -0.39 is 0 Å². The lowest BCUT2D eigenvalue weighted by atomic mass is 9.81. The van der Waals surface area contributed by atoms with Gasteiger partial charge in [0.15, 0.2) is 5.78 Å². The summed E-state index contributed by atoms with van der Waals surface area (Å²) in [5, 5.41) is 0. The molecule has 23 heavy (non-hydrogen) atoms. The van der Waals surface area contributed by atoms with Crippen LogP contribution in [-0.2, 0) is 4.79 Å². The van der Waals surface area contributed by atoms with E-state index >= 15 is 0 Å². The van der Waals surface area contributed by atoms with E-state index in [-0.39, 0.29) is 17.3 Å². The standard InChI is InChI=1S/C20H21NO2/c1-12-9-15-11-14(3)18(22)7-6-13(2)19(15)17(10-12)16-5-4-8-21-20(16)23/h4-5,8-11,13H,6-7H2,1-3H3,(H,21,23)/b14-11-. The van der Waals surface area contributed by atoms with Gasteiger partial charge in [-0.25, -0.2) is 0 Å². The predicted molar refractivity (Wildman–Crippen MR) is 93.5 cm³/mol. The van der Waals surface area contributed by atoms with Crippen molar-refractivity contribution in [3.8, 4) is 11.1 Å². The third-order valence-corrected chi connectivity index (χ3v) is 4.57. The van der Waals surface area contributed by atoms with Crippen LogP contribution in [0.2, 0.25) is 0 Å². The molecule has 0 saturated carbocycles. The molecule has 1 N–H and O–H groups in total. The van der Waals surface area contributed by atoms with Gasteiger partial charge in [0.05, 0.1) is 0 Å². The predicted octanol–water partition coefficient (Wildman–Crippen LogP) is 4.22. The minimum absolute atomic E-state index is 0.0775. The highest BCUT2D eigenvalue weighted by Crippen LogP contribution is 2.37. The van der Waals surface area contributed by atoms with Crippen molar-refractivity contribution >= 4 is 11.9 Å². The van der Waals surface area contributed by atoms with Crippen LogP contribution in [0.3, 0.4) is 0 Å². The van der Waals surface area contributed by atoms with E-state index in [9.17, 15) is 9.59 Å². The number of aryl methyl sites for hydroxylation is 1. The lowest BCUT2D eigenvalue weighted by Gasteiger charge is -2.22. The van der Waals surface area contributed by atoms with E-state index in [0.717, 1.165) is 28.7 Å². The highest BCUT2D eigenvalue weighted by atomic mass is 16.1. The molecule has 3 rings (SSSR count). The van der Waals surface area contributed by atoms with E-state index in [4.69, 9.17) is 0 Å². The number of rotatable bonds is 1. The topological polar surface area (TPSA) is 49.9 Å². The maximum absolute atomic E-state index is 12.3. The molecule has 0 bridgehead atoms. The molecule has 1 unspecified atom stereocenters. The number of aromatic amines is 1. The smallest absolute Gasteiger partial charge is 0.255 e. The van der Waals surface area contributed by atoms with E-state index in [2.05, 4.69) is 24.0 Å². The number of allylic oxidation sites excluding steroid dienone is 1. The molecule has 0 aliphatic heterocycles. The first-order chi connectivity index (χ1) is 11.0. The lowest BCUT2D eigenvalue weighted by Crippen LogP contribution is -2.13. The number of aromatic nitrogens is 1. The molecule has 3 nitrogen and oxygen atoms in total. The van der Waals surface area contributed by atoms with Gasteiger partial charge in [-0.2, -0.15) is 0 Å². The van der Waals surface area contributed by atoms with Crippen LogP contribution < -0.4 is 5.56 Å². The first-order valence-electron chi connectivity index (χ1n) is 8.01. The van der Waals surface area contributed by atoms with Gasteiger partial charge < -0.3 is 4.98 Å². The van der Waals surface area contributed by atoms with Gasteiger partial charge in [-0.3, -0.25) is 9.59 Å². The molecular weight excluding hydrogens is 286 g/mol. The van der Waals surface area contributed by atoms with E-state index in [1.165, 1.54) is 5.56 Å². The number of hydrogen-bond acceptors (Lipinski definition) is 2. The minimum atomic E-state index is -0.0775. The fourth-order valence-corrected chi connectivity index (χ4v) is 3.35. The fraction of sp³-hybridized carbons (Fsp3) is 0.300. The van der Waals surface area contributed by atoms with Crippen LogP contribution in [0.15, 0.2) is 40.8 Å². The zero-order valence-electron chi connectivity index (χ0n) is 13.8. The number of Topliss-reactive ketones (excluding diaryl/α,β-unsaturated/α-hetero) is 1. The molecule has 3 heteroatoms. The van der Waals surface area contributed by atoms with Crippen LogP contribution >= 0.6 is 0 Å². The molecule has 0 radical (unpaired) electrons. The van der Waals surface area contributed by atoms with Crippen LogP contribution in [0.5, 0.6) is 0 Å². The van der Waals surface area contributed by atoms with Crippen molar-refractivity contribution in [1.82, 2.24) is 4.98 Å². The number of pyridine rings is 1. The number of carbonyl (C=O) groups excluding carboxylic acids is 1. The van der Waals surface area contributed by atoms with Crippen molar-refractivity contribution in [3.05, 3.63) is 63.1 Å². The van der Waals surface area contributed by atoms with E-state index in [1.807, 2.05) is 32.1 Å². The molecule has 1 heterocycles. The van der Waals surface area contributed by atoms with Crippen LogP contribution in [0, 0.1) is 6.92 Å². The number of benzene rings is 1. The van der Waals surface area contributed by atoms with Crippen molar-refractivity contribution in [2.45, 2.75) is 39.5 Å². The Labute approximate surface area is 136 Å². The Morgan fingerprint density at radius 3 is 2.65 bits per heavy atom. The van der Waals surface area contributed by atoms with Crippen LogP contribution in [-0.4, -0.2) is 10.8 Å². The van der Waals surface area contributed by atoms with Gasteiger partial charge in [0.2, 0.25) is 0 Å². The highest BCUT2D eigenvalue weighted by molar-refractivity contribution is 5.99. The molecule has 118 valence electrons. The van der Waals surface area contributed by atoms with Gasteiger partial charge in [-0.15, -0.1) is 0 Å². The van der Waals surface area contributed by atoms with Gasteiger partial charge in [-0.05, 0) is 72.2 Å². The summed E-state index contributed by atoms with van der Waals surface area (Å²) in [5.41, 5.74) is 5.69. The summed E-state index contributed by atoms with van der Waals surface area (Å²) in [4.78, 5) is 27.1. The Bertz CT molecular complexity index is 858. The van der Waals surface area contributed by atoms with Gasteiger partial charge in [-0.1, -0.05) is 19.1 Å². The largest absolute Gasteiger partial charge is 0.329 e. The summed E-state index contributed by atoms with van der Waals surface area (Å²) in [5.74, 6) is 0.441. The number of fused-ring (bicyclic) bond motifs is 1. The Hall–Kier alpha value is -2.42. The molecule has 0 spiro atoms. The molecule has 1 aromatic heterocycles. The summed E-state index contributed by atoms with van der Waals surface area (Å²) in [6, 6.07) is 7.89. The Kier molecular flexibility index (Phi) is 4.03. The maximum Gasteiger partial charge on any atom is 0.255 e. The Morgan fingerprint density at radius 1 is 1.13 bits per heavy atom. The SMILES string of the molecule is C/C1=C/c2cc(C)cc(-c3ccc[nH]c3=O)c2C(C)CCC1=O. The average Bonchev–Trinajstić information content (AvgIpc) is 2.51. The van der Waals surface area contributed by atoms with Crippen molar-refractivity contribution in [2.75, 3.05) is 0 Å². The average molecular weight is 307 g/mol. The summed E-state index contributed by atoms with van der Waals surface area (Å²) in [7, 11) is 0. The molecule has 1 aliphatic rings. The van der Waals surface area contributed by atoms with Crippen molar-refractivity contribution < 1.29 is 4.79 Å². The highest BCUT2D eigenvalue weighted by Gasteiger charge is 2.21. The molecule has 1 aromatic carbocycles. The third kappa shape index (κ3) is 2.91. The normalized spacial score (nSPS) is 20.2. The van der Waals surface area contributed by atoms with Crippen molar-refractivity contribution in [1.29, 1.82) is 0 Å². The number of carbonyl (C=O) groups is 1. The minimum Gasteiger partial charge on any atom is -0.329 e. The van der Waals surface area contributed by atoms with Crippen molar-refractivity contribution in [2.24, 2.45) is 0 Å². The van der Waals surface area contributed by atoms with Gasteiger partial charge >= 0.3 is 0 Å². The van der Waals surface area contributed by atoms with Gasteiger partial charge in [0.1, 0.15) is 0 Å². The number of nitrogens with one attached hydrogen (secondary N) is 1. The van der Waals surface area contributed by atoms with E-state index in [0.29, 0.717) is 12.0 Å². The molecule has 1 atom stereocenters. The maximum atomic E-state index is 12.3. The Morgan fingerprint density at radius 2 is 1.91 bits per heavy atom. The molecule has 0 saturated heterocycles. The molecule has 2 aromatic rings. The summed E-state index contributed by atoms with van der Waals surface area (Å²) in [6.45, 7) is 6.03. The summed E-state index contributed by atoms with van der Waals surface area (Å²) in [6.07, 6.45) is 4.98. The monoisotopic (exact) mass is 307 g/mol. The van der Waals surface area contributed by atoms with E-state index in [1.54, 1.807) is 6.20 Å². The van der Waals surface area contributed by atoms with Crippen LogP contribution in [0.25, 0.3) is 17.2 Å². The zero-order chi connectivity index (χ0) is 16.6. The summed E-state index contributed by atoms with van der Waals surface area (Å²) >= 11 is 0. The molecular formula is C20H21NO2. The van der Waals surface area contributed by atoms with Gasteiger partial charge in [0.25, 0.3) is 5.56 Å². The lowest BCUT2D eigenvalue weighted by molar-refractivity contribution is -0.115. The molecule has 1 aliphatic carbocycles. The van der Waals surface area contributed by atoms with Crippen molar-refractivity contribution in [3.63, 3.8) is 0 Å². The number of H-pyrrole nitrogens is 1. The number of hydrogen-bond donors (Lipinski definition) is 1. The fourth-order valence-electron chi connectivity index (χ4n) is 3.35. The second-order valence-corrected chi connectivity index (χ2v) is 6.42. The van der Waals surface area contributed by atoms with Crippen LogP contribution in [0.4, 0.5) is 0 Å². The quantitative estimate of drug-likeness (QED) is 0.857. The first-order valence-corrected chi connectivity index (χ1v) is 8.01. The summed E-state index contributed by atoms with van der Waals surface area (Å²) < 4.78 is 0. The van der Waals surface area contributed by atoms with Crippen LogP contribution in [0.1, 0.15) is 49.3 Å². The zero-order valence-corrected chi connectivity index (χ0v) is 13.8.